The molecule has 1 aromatic heterocycles. The van der Waals surface area contributed by atoms with Crippen molar-refractivity contribution in [3.63, 3.8) is 0 Å². The number of nitrogens with two attached hydrogens (primary N) is 1. The van der Waals surface area contributed by atoms with Crippen LogP contribution in [0.15, 0.2) is 22.0 Å². The molecule has 0 atom stereocenters. The number of benzene rings is 1. The van der Waals surface area contributed by atoms with E-state index in [0.29, 0.717) is 0 Å². The van der Waals surface area contributed by atoms with Crippen molar-refractivity contribution in [1.29, 1.82) is 0 Å². The molecule has 0 aliphatic carbocycles. The molecule has 1 nitrogen and oxygen atoms in total. The Hall–Kier alpha value is -0.380. The zero-order chi connectivity index (χ0) is 10.1. The van der Waals surface area contributed by atoms with Crippen LogP contribution >= 0.6 is 27.3 Å². The molecule has 0 aliphatic heterocycles. The molecule has 0 amide bonds. The quantitative estimate of drug-likeness (QED) is 0.888. The van der Waals surface area contributed by atoms with Crippen LogP contribution in [0.4, 0.5) is 0 Å². The summed E-state index contributed by atoms with van der Waals surface area (Å²) in [5.74, 6) is 0. The van der Waals surface area contributed by atoms with Crippen LogP contribution in [-0.4, -0.2) is 6.54 Å². The molecule has 0 saturated carbocycles. The average Bonchev–Trinajstić information content (AvgIpc) is 2.49. The SMILES string of the molecule is Cc1cc(Br)cc2c(CCN)csc12. The summed E-state index contributed by atoms with van der Waals surface area (Å²) in [5, 5.41) is 3.57. The molecule has 14 heavy (non-hydrogen) atoms. The van der Waals surface area contributed by atoms with Gasteiger partial charge in [0, 0.05) is 9.17 Å². The molecule has 0 fully saturated rings. The third-order valence-electron chi connectivity index (χ3n) is 2.32. The Morgan fingerprint density at radius 2 is 2.21 bits per heavy atom. The van der Waals surface area contributed by atoms with Crippen LogP contribution in [0.2, 0.25) is 0 Å². The van der Waals surface area contributed by atoms with E-state index in [1.807, 2.05) is 11.3 Å². The number of fused-ring (bicyclic) bond motifs is 1. The van der Waals surface area contributed by atoms with Gasteiger partial charge in [0.1, 0.15) is 0 Å². The van der Waals surface area contributed by atoms with Crippen molar-refractivity contribution in [2.45, 2.75) is 13.3 Å². The van der Waals surface area contributed by atoms with Crippen LogP contribution in [0.3, 0.4) is 0 Å². The molecule has 0 bridgehead atoms. The molecule has 2 rings (SSSR count). The van der Waals surface area contributed by atoms with Crippen LogP contribution < -0.4 is 5.73 Å². The molecule has 0 radical (unpaired) electrons. The van der Waals surface area contributed by atoms with Crippen molar-refractivity contribution in [2.24, 2.45) is 5.73 Å². The smallest absolute Gasteiger partial charge is 0.0375 e. The summed E-state index contributed by atoms with van der Waals surface area (Å²) in [4.78, 5) is 0. The topological polar surface area (TPSA) is 26.0 Å². The van der Waals surface area contributed by atoms with Gasteiger partial charge in [-0.05, 0) is 53.9 Å². The van der Waals surface area contributed by atoms with E-state index in [0.717, 1.165) is 17.4 Å². The lowest BCUT2D eigenvalue weighted by atomic mass is 10.1. The van der Waals surface area contributed by atoms with Crippen LogP contribution in [0, 0.1) is 6.92 Å². The standard InChI is InChI=1S/C11H12BrNS/c1-7-4-9(12)5-10-8(2-3-13)6-14-11(7)10/h4-6H,2-3,13H2,1H3. The predicted molar refractivity (Wildman–Crippen MR) is 67.0 cm³/mol. The van der Waals surface area contributed by atoms with Gasteiger partial charge >= 0.3 is 0 Å². The number of rotatable bonds is 2. The minimum atomic E-state index is 0.720. The Bertz CT molecular complexity index is 462. The lowest BCUT2D eigenvalue weighted by molar-refractivity contribution is 0.981. The van der Waals surface area contributed by atoms with Crippen molar-refractivity contribution in [1.82, 2.24) is 0 Å². The zero-order valence-corrected chi connectivity index (χ0v) is 10.4. The summed E-state index contributed by atoms with van der Waals surface area (Å²) in [6.45, 7) is 2.87. The highest BCUT2D eigenvalue weighted by molar-refractivity contribution is 9.10. The van der Waals surface area contributed by atoms with Crippen molar-refractivity contribution in [3.05, 3.63) is 33.1 Å². The van der Waals surface area contributed by atoms with Gasteiger partial charge in [-0.3, -0.25) is 0 Å². The summed E-state index contributed by atoms with van der Waals surface area (Å²) in [6, 6.07) is 4.34. The van der Waals surface area contributed by atoms with Gasteiger partial charge in [0.25, 0.3) is 0 Å². The Balaban J connectivity index is 2.66. The van der Waals surface area contributed by atoms with Gasteiger partial charge in [-0.2, -0.15) is 0 Å². The van der Waals surface area contributed by atoms with E-state index in [9.17, 15) is 0 Å². The number of hydrogen-bond donors (Lipinski definition) is 1. The second kappa shape index (κ2) is 4.01. The second-order valence-electron chi connectivity index (χ2n) is 3.40. The summed E-state index contributed by atoms with van der Waals surface area (Å²) in [6.07, 6.45) is 0.968. The number of halogens is 1. The molecule has 1 aromatic carbocycles. The van der Waals surface area contributed by atoms with Crippen LogP contribution in [0.1, 0.15) is 11.1 Å². The molecule has 2 N–H and O–H groups in total. The summed E-state index contributed by atoms with van der Waals surface area (Å²) in [7, 11) is 0. The third-order valence-corrected chi connectivity index (χ3v) is 3.96. The molecular weight excluding hydrogens is 258 g/mol. The highest BCUT2D eigenvalue weighted by Gasteiger charge is 2.06. The molecule has 0 spiro atoms. The van der Waals surface area contributed by atoms with Crippen LogP contribution in [0.25, 0.3) is 10.1 Å². The fraction of sp³-hybridized carbons (Fsp3) is 0.273. The average molecular weight is 270 g/mol. The van der Waals surface area contributed by atoms with Crippen LogP contribution in [0.5, 0.6) is 0 Å². The first-order valence-electron chi connectivity index (χ1n) is 4.58. The Morgan fingerprint density at radius 3 is 2.93 bits per heavy atom. The number of aryl methyl sites for hydroxylation is 1. The normalized spacial score (nSPS) is 11.1. The van der Waals surface area contributed by atoms with E-state index in [-0.39, 0.29) is 0 Å². The van der Waals surface area contributed by atoms with Crippen molar-refractivity contribution < 1.29 is 0 Å². The second-order valence-corrected chi connectivity index (χ2v) is 5.19. The summed E-state index contributed by atoms with van der Waals surface area (Å²) in [5.41, 5.74) is 8.29. The van der Waals surface area contributed by atoms with Gasteiger partial charge < -0.3 is 5.73 Å². The van der Waals surface area contributed by atoms with Crippen molar-refractivity contribution in [3.8, 4) is 0 Å². The van der Waals surface area contributed by atoms with Gasteiger partial charge in [-0.15, -0.1) is 11.3 Å². The van der Waals surface area contributed by atoms with E-state index in [1.54, 1.807) is 0 Å². The Kier molecular flexibility index (Phi) is 2.91. The third kappa shape index (κ3) is 1.72. The first-order valence-corrected chi connectivity index (χ1v) is 6.26. The van der Waals surface area contributed by atoms with E-state index in [2.05, 4.69) is 40.4 Å². The monoisotopic (exact) mass is 269 g/mol. The molecule has 3 heteroatoms. The van der Waals surface area contributed by atoms with E-state index >= 15 is 0 Å². The molecule has 0 saturated heterocycles. The van der Waals surface area contributed by atoms with Crippen LogP contribution in [-0.2, 0) is 6.42 Å². The number of hydrogen-bond acceptors (Lipinski definition) is 2. The predicted octanol–water partition coefficient (Wildman–Crippen LogP) is 3.47. The van der Waals surface area contributed by atoms with Gasteiger partial charge in [0.2, 0.25) is 0 Å². The lowest BCUT2D eigenvalue weighted by Gasteiger charge is -2.00. The Labute approximate surface area is 96.1 Å². The van der Waals surface area contributed by atoms with Gasteiger partial charge in [0.15, 0.2) is 0 Å². The fourth-order valence-electron chi connectivity index (χ4n) is 1.67. The maximum atomic E-state index is 5.58. The fourth-order valence-corrected chi connectivity index (χ4v) is 3.31. The maximum absolute atomic E-state index is 5.58. The lowest BCUT2D eigenvalue weighted by Crippen LogP contribution is -2.01. The minimum absolute atomic E-state index is 0.720. The highest BCUT2D eigenvalue weighted by atomic mass is 79.9. The van der Waals surface area contributed by atoms with Gasteiger partial charge in [0.05, 0.1) is 0 Å². The van der Waals surface area contributed by atoms with E-state index in [1.165, 1.54) is 21.2 Å². The molecular formula is C11H12BrNS. The summed E-state index contributed by atoms with van der Waals surface area (Å²) < 4.78 is 2.54. The highest BCUT2D eigenvalue weighted by Crippen LogP contribution is 2.31. The maximum Gasteiger partial charge on any atom is 0.0375 e. The number of thiophene rings is 1. The first kappa shape index (κ1) is 10.1. The van der Waals surface area contributed by atoms with E-state index in [4.69, 9.17) is 5.73 Å². The first-order chi connectivity index (χ1) is 6.72. The van der Waals surface area contributed by atoms with Gasteiger partial charge in [-0.1, -0.05) is 15.9 Å². The molecule has 74 valence electrons. The molecule has 2 aromatic rings. The van der Waals surface area contributed by atoms with Crippen molar-refractivity contribution in [2.75, 3.05) is 6.54 Å². The van der Waals surface area contributed by atoms with Crippen molar-refractivity contribution >= 4 is 37.4 Å². The Morgan fingerprint density at radius 1 is 1.43 bits per heavy atom. The van der Waals surface area contributed by atoms with Gasteiger partial charge in [-0.25, -0.2) is 0 Å². The molecule has 0 aliphatic rings. The molecule has 0 unspecified atom stereocenters. The minimum Gasteiger partial charge on any atom is -0.330 e. The zero-order valence-electron chi connectivity index (χ0n) is 8.01. The molecule has 1 heterocycles. The largest absolute Gasteiger partial charge is 0.330 e. The van der Waals surface area contributed by atoms with E-state index < -0.39 is 0 Å². The summed E-state index contributed by atoms with van der Waals surface area (Å²) >= 11 is 5.34.